The second-order valence-electron chi connectivity index (χ2n) is 6.51. The van der Waals surface area contributed by atoms with Gasteiger partial charge in [-0.1, -0.05) is 59.6 Å². The number of nitrogens with zero attached hydrogens (tertiary/aromatic N) is 1. The molecule has 31 heavy (non-hydrogen) atoms. The summed E-state index contributed by atoms with van der Waals surface area (Å²) in [6, 6.07) is 19.5. The molecule has 0 aliphatic heterocycles. The molecule has 9 heteroatoms. The Hall–Kier alpha value is -2.74. The summed E-state index contributed by atoms with van der Waals surface area (Å²) in [5.74, 6) is 0.107. The monoisotopic (exact) mass is 478 g/mol. The van der Waals surface area contributed by atoms with Gasteiger partial charge in [0.15, 0.2) is 0 Å². The van der Waals surface area contributed by atoms with E-state index >= 15 is 0 Å². The standard InChI is InChI=1S/C22H20Cl2N2O4S/c1-30-21-10-6-5-7-16(21)14-25-22(27)15-26(20-13-17(23)11-12-19(20)24)31(28,29)18-8-3-2-4-9-18/h2-13H,14-15H2,1H3,(H,25,27). The molecule has 0 atom stereocenters. The van der Waals surface area contributed by atoms with Gasteiger partial charge in [-0.05, 0) is 36.4 Å². The second-order valence-corrected chi connectivity index (χ2v) is 9.21. The lowest BCUT2D eigenvalue weighted by molar-refractivity contribution is -0.119. The van der Waals surface area contributed by atoms with E-state index in [1.807, 2.05) is 18.2 Å². The first-order valence-corrected chi connectivity index (χ1v) is 11.4. The first-order chi connectivity index (χ1) is 14.8. The summed E-state index contributed by atoms with van der Waals surface area (Å²) in [4.78, 5) is 12.8. The van der Waals surface area contributed by atoms with E-state index in [9.17, 15) is 13.2 Å². The number of halogens is 2. The number of amides is 1. The van der Waals surface area contributed by atoms with Crippen LogP contribution in [0.25, 0.3) is 0 Å². The highest BCUT2D eigenvalue weighted by molar-refractivity contribution is 7.92. The predicted octanol–water partition coefficient (Wildman–Crippen LogP) is 4.51. The van der Waals surface area contributed by atoms with Crippen molar-refractivity contribution in [2.75, 3.05) is 18.0 Å². The first-order valence-electron chi connectivity index (χ1n) is 9.24. The maximum Gasteiger partial charge on any atom is 0.264 e. The van der Waals surface area contributed by atoms with Gasteiger partial charge in [0.05, 0.1) is 22.7 Å². The fraction of sp³-hybridized carbons (Fsp3) is 0.136. The van der Waals surface area contributed by atoms with Crippen LogP contribution in [0.15, 0.2) is 77.7 Å². The quantitative estimate of drug-likeness (QED) is 0.516. The van der Waals surface area contributed by atoms with Crippen molar-refractivity contribution in [3.63, 3.8) is 0 Å². The number of hydrogen-bond donors (Lipinski definition) is 1. The van der Waals surface area contributed by atoms with Crippen LogP contribution in [0.2, 0.25) is 10.0 Å². The molecule has 162 valence electrons. The maximum absolute atomic E-state index is 13.3. The van der Waals surface area contributed by atoms with Gasteiger partial charge in [0.1, 0.15) is 12.3 Å². The van der Waals surface area contributed by atoms with Crippen molar-refractivity contribution < 1.29 is 17.9 Å². The summed E-state index contributed by atoms with van der Waals surface area (Å²) >= 11 is 12.3. The molecule has 0 aliphatic carbocycles. The average Bonchev–Trinajstić information content (AvgIpc) is 2.78. The first kappa shape index (κ1) is 22.9. The molecule has 0 saturated heterocycles. The van der Waals surface area contributed by atoms with Crippen molar-refractivity contribution in [1.82, 2.24) is 5.32 Å². The number of carbonyl (C=O) groups excluding carboxylic acids is 1. The number of para-hydroxylation sites is 1. The molecule has 3 aromatic rings. The number of ether oxygens (including phenoxy) is 1. The van der Waals surface area contributed by atoms with Crippen LogP contribution in [0.1, 0.15) is 5.56 Å². The Kier molecular flexibility index (Phi) is 7.43. The van der Waals surface area contributed by atoms with Crippen LogP contribution in [0.3, 0.4) is 0 Å². The lowest BCUT2D eigenvalue weighted by atomic mass is 10.2. The van der Waals surface area contributed by atoms with Crippen LogP contribution in [0.5, 0.6) is 5.75 Å². The zero-order valence-electron chi connectivity index (χ0n) is 16.6. The number of rotatable bonds is 8. The Morgan fingerprint density at radius 3 is 2.39 bits per heavy atom. The number of carbonyl (C=O) groups is 1. The molecule has 0 radical (unpaired) electrons. The molecular weight excluding hydrogens is 459 g/mol. The van der Waals surface area contributed by atoms with Gasteiger partial charge in [-0.3, -0.25) is 9.10 Å². The van der Waals surface area contributed by atoms with Gasteiger partial charge < -0.3 is 10.1 Å². The highest BCUT2D eigenvalue weighted by Crippen LogP contribution is 2.32. The van der Waals surface area contributed by atoms with Crippen molar-refractivity contribution in [2.45, 2.75) is 11.4 Å². The van der Waals surface area contributed by atoms with Crippen molar-refractivity contribution in [3.8, 4) is 5.75 Å². The van der Waals surface area contributed by atoms with E-state index in [-0.39, 0.29) is 22.2 Å². The summed E-state index contributed by atoms with van der Waals surface area (Å²) in [6.07, 6.45) is 0. The number of anilines is 1. The molecule has 0 fully saturated rings. The lowest BCUT2D eigenvalue weighted by Gasteiger charge is -2.25. The number of nitrogens with one attached hydrogen (secondary N) is 1. The third kappa shape index (κ3) is 5.50. The summed E-state index contributed by atoms with van der Waals surface area (Å²) in [7, 11) is -2.54. The molecule has 6 nitrogen and oxygen atoms in total. The number of methoxy groups -OCH3 is 1. The molecule has 1 amide bonds. The molecule has 0 saturated carbocycles. The molecule has 0 unspecified atom stereocenters. The normalized spacial score (nSPS) is 11.1. The second kappa shape index (κ2) is 10.0. The van der Waals surface area contributed by atoms with Gasteiger partial charge in [0.2, 0.25) is 5.91 Å². The Morgan fingerprint density at radius 1 is 1.00 bits per heavy atom. The zero-order valence-corrected chi connectivity index (χ0v) is 18.9. The molecule has 1 N–H and O–H groups in total. The SMILES string of the molecule is COc1ccccc1CNC(=O)CN(c1cc(Cl)ccc1Cl)S(=O)(=O)c1ccccc1. The van der Waals surface area contributed by atoms with Crippen LogP contribution < -0.4 is 14.4 Å². The number of benzene rings is 3. The minimum atomic E-state index is -4.08. The van der Waals surface area contributed by atoms with Gasteiger partial charge >= 0.3 is 0 Å². The summed E-state index contributed by atoms with van der Waals surface area (Å²) in [5.41, 5.74) is 0.877. The summed E-state index contributed by atoms with van der Waals surface area (Å²) in [6.45, 7) is -0.308. The fourth-order valence-electron chi connectivity index (χ4n) is 2.93. The van der Waals surface area contributed by atoms with Gasteiger partial charge in [-0.15, -0.1) is 0 Å². The van der Waals surface area contributed by atoms with E-state index in [4.69, 9.17) is 27.9 Å². The molecular formula is C22H20Cl2N2O4S. The Labute approximate surface area is 191 Å². The minimum absolute atomic E-state index is 0.0311. The van der Waals surface area contributed by atoms with E-state index in [1.165, 1.54) is 31.4 Å². The molecule has 0 bridgehead atoms. The molecule has 0 aromatic heterocycles. The van der Waals surface area contributed by atoms with Crippen LogP contribution in [-0.2, 0) is 21.4 Å². The van der Waals surface area contributed by atoms with Crippen LogP contribution in [0.4, 0.5) is 5.69 Å². The van der Waals surface area contributed by atoms with Gasteiger partial charge in [-0.2, -0.15) is 0 Å². The highest BCUT2D eigenvalue weighted by atomic mass is 35.5. The smallest absolute Gasteiger partial charge is 0.264 e. The number of sulfonamides is 1. The van der Waals surface area contributed by atoms with E-state index in [0.717, 1.165) is 9.87 Å². The van der Waals surface area contributed by atoms with E-state index < -0.39 is 22.5 Å². The van der Waals surface area contributed by atoms with Gasteiger partial charge in [0.25, 0.3) is 10.0 Å². The third-order valence-electron chi connectivity index (χ3n) is 4.46. The molecule has 0 spiro atoms. The average molecular weight is 479 g/mol. The van der Waals surface area contributed by atoms with Crippen LogP contribution >= 0.6 is 23.2 Å². The maximum atomic E-state index is 13.3. The van der Waals surface area contributed by atoms with Crippen molar-refractivity contribution in [1.29, 1.82) is 0 Å². The minimum Gasteiger partial charge on any atom is -0.496 e. The molecule has 0 heterocycles. The Bertz CT molecular complexity index is 1170. The van der Waals surface area contributed by atoms with Crippen molar-refractivity contribution in [2.24, 2.45) is 0 Å². The molecule has 3 aromatic carbocycles. The van der Waals surface area contributed by atoms with Crippen LogP contribution in [0, 0.1) is 0 Å². The Morgan fingerprint density at radius 2 is 1.68 bits per heavy atom. The number of hydrogen-bond acceptors (Lipinski definition) is 4. The summed E-state index contributed by atoms with van der Waals surface area (Å²) < 4.78 is 32.9. The van der Waals surface area contributed by atoms with Crippen molar-refractivity contribution in [3.05, 3.63) is 88.4 Å². The summed E-state index contributed by atoms with van der Waals surface area (Å²) in [5, 5.41) is 3.18. The van der Waals surface area contributed by atoms with E-state index in [2.05, 4.69) is 5.32 Å². The van der Waals surface area contributed by atoms with E-state index in [0.29, 0.717) is 10.8 Å². The molecule has 0 aliphatic rings. The van der Waals surface area contributed by atoms with Gasteiger partial charge in [0, 0.05) is 17.1 Å². The topological polar surface area (TPSA) is 75.7 Å². The van der Waals surface area contributed by atoms with E-state index in [1.54, 1.807) is 30.3 Å². The predicted molar refractivity (Wildman–Crippen MR) is 122 cm³/mol. The zero-order chi connectivity index (χ0) is 22.4. The lowest BCUT2D eigenvalue weighted by Crippen LogP contribution is -2.40. The van der Waals surface area contributed by atoms with Crippen LogP contribution in [-0.4, -0.2) is 28.0 Å². The van der Waals surface area contributed by atoms with Gasteiger partial charge in [-0.25, -0.2) is 8.42 Å². The van der Waals surface area contributed by atoms with Crippen molar-refractivity contribution >= 4 is 44.8 Å². The highest BCUT2D eigenvalue weighted by Gasteiger charge is 2.29. The Balaban J connectivity index is 1.90. The largest absolute Gasteiger partial charge is 0.496 e. The fourth-order valence-corrected chi connectivity index (χ4v) is 4.81. The molecule has 3 rings (SSSR count). The third-order valence-corrected chi connectivity index (χ3v) is 6.79.